The molecule has 1 heterocycles. The second-order valence-corrected chi connectivity index (χ2v) is 6.06. The van der Waals surface area contributed by atoms with Crippen LogP contribution in [0.2, 0.25) is 10.0 Å². The fourth-order valence-corrected chi connectivity index (χ4v) is 2.97. The minimum atomic E-state index is -0.0787. The smallest absolute Gasteiger partial charge is 0.225 e. The van der Waals surface area contributed by atoms with Crippen LogP contribution < -0.4 is 5.32 Å². The van der Waals surface area contributed by atoms with E-state index in [-0.39, 0.29) is 5.91 Å². The summed E-state index contributed by atoms with van der Waals surface area (Å²) >= 11 is 13.3. The van der Waals surface area contributed by atoms with Gasteiger partial charge >= 0.3 is 0 Å². The third-order valence-electron chi connectivity index (χ3n) is 2.48. The third kappa shape index (κ3) is 4.44. The van der Waals surface area contributed by atoms with Crippen molar-refractivity contribution in [3.63, 3.8) is 0 Å². The van der Waals surface area contributed by atoms with Crippen LogP contribution in [-0.2, 0) is 11.8 Å². The Morgan fingerprint density at radius 2 is 2.05 bits per heavy atom. The summed E-state index contributed by atoms with van der Waals surface area (Å²) < 4.78 is 1.92. The van der Waals surface area contributed by atoms with Gasteiger partial charge in [0.1, 0.15) is 0 Å². The molecular weight excluding hydrogens is 317 g/mol. The summed E-state index contributed by atoms with van der Waals surface area (Å²) in [6.45, 7) is 0. The largest absolute Gasteiger partial charge is 0.329 e. The number of hydrogen-bond donors (Lipinski definition) is 1. The number of amides is 1. The molecule has 0 saturated heterocycles. The number of rotatable bonds is 5. The van der Waals surface area contributed by atoms with E-state index >= 15 is 0 Å². The lowest BCUT2D eigenvalue weighted by Gasteiger charge is -2.06. The zero-order valence-corrected chi connectivity index (χ0v) is 13.1. The molecule has 1 N–H and O–H groups in total. The molecule has 0 fully saturated rings. The molecule has 7 heteroatoms. The van der Waals surface area contributed by atoms with E-state index in [1.165, 1.54) is 11.8 Å². The molecule has 1 aromatic carbocycles. The zero-order chi connectivity index (χ0) is 14.5. The maximum Gasteiger partial charge on any atom is 0.225 e. The molecule has 0 saturated carbocycles. The SMILES string of the molecule is Cn1ccnc1SCCC(=O)Nc1cc(Cl)cc(Cl)c1. The minimum Gasteiger partial charge on any atom is -0.329 e. The van der Waals surface area contributed by atoms with E-state index in [1.807, 2.05) is 17.8 Å². The Balaban J connectivity index is 1.82. The molecule has 2 rings (SSSR count). The molecule has 0 atom stereocenters. The lowest BCUT2D eigenvalue weighted by Crippen LogP contribution is -2.12. The summed E-state index contributed by atoms with van der Waals surface area (Å²) in [6, 6.07) is 4.95. The predicted molar refractivity (Wildman–Crippen MR) is 83.6 cm³/mol. The van der Waals surface area contributed by atoms with Gasteiger partial charge in [-0.1, -0.05) is 35.0 Å². The summed E-state index contributed by atoms with van der Waals surface area (Å²) in [5, 5.41) is 4.65. The van der Waals surface area contributed by atoms with Gasteiger partial charge in [-0.2, -0.15) is 0 Å². The Hall–Kier alpha value is -1.17. The Labute approximate surface area is 131 Å². The van der Waals surface area contributed by atoms with Gasteiger partial charge in [0, 0.05) is 47.3 Å². The first-order valence-corrected chi connectivity index (χ1v) is 7.65. The van der Waals surface area contributed by atoms with E-state index in [9.17, 15) is 4.79 Å². The highest BCUT2D eigenvalue weighted by atomic mass is 35.5. The van der Waals surface area contributed by atoms with E-state index < -0.39 is 0 Å². The van der Waals surface area contributed by atoms with Crippen LogP contribution >= 0.6 is 35.0 Å². The van der Waals surface area contributed by atoms with Gasteiger partial charge in [0.2, 0.25) is 5.91 Å². The highest BCUT2D eigenvalue weighted by Crippen LogP contribution is 2.23. The van der Waals surface area contributed by atoms with Crippen molar-refractivity contribution >= 4 is 46.6 Å². The summed E-state index contributed by atoms with van der Waals surface area (Å²) in [5.74, 6) is 0.579. The third-order valence-corrected chi connectivity index (χ3v) is 3.98. The molecule has 20 heavy (non-hydrogen) atoms. The number of carbonyl (C=O) groups excluding carboxylic acids is 1. The minimum absolute atomic E-state index is 0.0787. The Morgan fingerprint density at radius 1 is 1.35 bits per heavy atom. The number of benzene rings is 1. The quantitative estimate of drug-likeness (QED) is 0.847. The molecule has 0 aliphatic rings. The summed E-state index contributed by atoms with van der Waals surface area (Å²) in [7, 11) is 1.92. The fourth-order valence-electron chi connectivity index (χ4n) is 1.58. The van der Waals surface area contributed by atoms with Crippen LogP contribution in [0.25, 0.3) is 0 Å². The first kappa shape index (κ1) is 15.2. The van der Waals surface area contributed by atoms with Crippen LogP contribution in [0.15, 0.2) is 35.7 Å². The van der Waals surface area contributed by atoms with Crippen LogP contribution in [0, 0.1) is 0 Å². The molecule has 1 aromatic heterocycles. The molecule has 0 unspecified atom stereocenters. The monoisotopic (exact) mass is 329 g/mol. The van der Waals surface area contributed by atoms with Gasteiger partial charge in [-0.05, 0) is 18.2 Å². The van der Waals surface area contributed by atoms with Crippen molar-refractivity contribution in [2.75, 3.05) is 11.1 Å². The van der Waals surface area contributed by atoms with Crippen molar-refractivity contribution in [1.82, 2.24) is 9.55 Å². The van der Waals surface area contributed by atoms with E-state index in [2.05, 4.69) is 10.3 Å². The van der Waals surface area contributed by atoms with Crippen LogP contribution in [-0.4, -0.2) is 21.2 Å². The number of thioether (sulfide) groups is 1. The lowest BCUT2D eigenvalue weighted by atomic mass is 10.3. The number of anilines is 1. The number of aryl methyl sites for hydroxylation is 1. The van der Waals surface area contributed by atoms with E-state index in [0.29, 0.717) is 27.9 Å². The van der Waals surface area contributed by atoms with Gasteiger partial charge in [0.25, 0.3) is 0 Å². The highest BCUT2D eigenvalue weighted by Gasteiger charge is 2.06. The zero-order valence-electron chi connectivity index (χ0n) is 10.8. The molecule has 0 spiro atoms. The van der Waals surface area contributed by atoms with Gasteiger partial charge in [-0.3, -0.25) is 4.79 Å². The highest BCUT2D eigenvalue weighted by molar-refractivity contribution is 7.99. The lowest BCUT2D eigenvalue weighted by molar-refractivity contribution is -0.115. The average molecular weight is 330 g/mol. The fraction of sp³-hybridized carbons (Fsp3) is 0.231. The molecule has 4 nitrogen and oxygen atoms in total. The molecule has 0 bridgehead atoms. The Kier molecular flexibility index (Phi) is 5.34. The standard InChI is InChI=1S/C13H13Cl2N3OS/c1-18-4-3-16-13(18)20-5-2-12(19)17-11-7-9(14)6-10(15)8-11/h3-4,6-8H,2,5H2,1H3,(H,17,19). The van der Waals surface area contributed by atoms with Crippen molar-refractivity contribution in [2.45, 2.75) is 11.6 Å². The molecule has 1 amide bonds. The first-order chi connectivity index (χ1) is 9.54. The maximum atomic E-state index is 11.8. The van der Waals surface area contributed by atoms with E-state index in [0.717, 1.165) is 5.16 Å². The number of imidazole rings is 1. The van der Waals surface area contributed by atoms with Crippen molar-refractivity contribution in [3.8, 4) is 0 Å². The maximum absolute atomic E-state index is 11.8. The van der Waals surface area contributed by atoms with Crippen LogP contribution in [0.3, 0.4) is 0 Å². The summed E-state index contributed by atoms with van der Waals surface area (Å²) in [5.41, 5.74) is 0.606. The number of aromatic nitrogens is 2. The number of nitrogens with zero attached hydrogens (tertiary/aromatic N) is 2. The normalized spacial score (nSPS) is 10.6. The number of halogens is 2. The molecular formula is C13H13Cl2N3OS. The number of hydrogen-bond acceptors (Lipinski definition) is 3. The predicted octanol–water partition coefficient (Wildman–Crippen LogP) is 3.85. The van der Waals surface area contributed by atoms with Gasteiger partial charge < -0.3 is 9.88 Å². The van der Waals surface area contributed by atoms with E-state index in [4.69, 9.17) is 23.2 Å². The van der Waals surface area contributed by atoms with Crippen molar-refractivity contribution in [1.29, 1.82) is 0 Å². The Morgan fingerprint density at radius 3 is 2.65 bits per heavy atom. The summed E-state index contributed by atoms with van der Waals surface area (Å²) in [6.07, 6.45) is 3.99. The van der Waals surface area contributed by atoms with Gasteiger partial charge in [0.15, 0.2) is 5.16 Å². The van der Waals surface area contributed by atoms with Crippen molar-refractivity contribution < 1.29 is 4.79 Å². The topological polar surface area (TPSA) is 46.9 Å². The van der Waals surface area contributed by atoms with Crippen molar-refractivity contribution in [3.05, 3.63) is 40.6 Å². The molecule has 0 aliphatic carbocycles. The van der Waals surface area contributed by atoms with Gasteiger partial charge in [-0.25, -0.2) is 4.98 Å². The van der Waals surface area contributed by atoms with Crippen LogP contribution in [0.4, 0.5) is 5.69 Å². The van der Waals surface area contributed by atoms with Gasteiger partial charge in [-0.15, -0.1) is 0 Å². The van der Waals surface area contributed by atoms with Crippen LogP contribution in [0.1, 0.15) is 6.42 Å². The van der Waals surface area contributed by atoms with Crippen LogP contribution in [0.5, 0.6) is 0 Å². The second kappa shape index (κ2) is 7.02. The average Bonchev–Trinajstić information content (AvgIpc) is 2.73. The molecule has 0 aliphatic heterocycles. The molecule has 106 valence electrons. The molecule has 0 radical (unpaired) electrons. The second-order valence-electron chi connectivity index (χ2n) is 4.13. The molecule has 2 aromatic rings. The Bertz CT molecular complexity index is 595. The number of nitrogens with one attached hydrogen (secondary N) is 1. The van der Waals surface area contributed by atoms with Crippen molar-refractivity contribution in [2.24, 2.45) is 7.05 Å². The summed E-state index contributed by atoms with van der Waals surface area (Å²) in [4.78, 5) is 16.0. The van der Waals surface area contributed by atoms with Gasteiger partial charge in [0.05, 0.1) is 0 Å². The van der Waals surface area contributed by atoms with E-state index in [1.54, 1.807) is 24.4 Å². The number of carbonyl (C=O) groups is 1. The first-order valence-electron chi connectivity index (χ1n) is 5.90.